The molecule has 45 heavy (non-hydrogen) atoms. The van der Waals surface area contributed by atoms with Crippen LogP contribution in [0.5, 0.6) is 5.75 Å². The third kappa shape index (κ3) is 5.06. The van der Waals surface area contributed by atoms with Crippen LogP contribution in [-0.2, 0) is 25.7 Å². The first kappa shape index (κ1) is 31.0. The van der Waals surface area contributed by atoms with Crippen molar-refractivity contribution in [3.05, 3.63) is 84.5 Å². The number of fused-ring (bicyclic) bond motifs is 2. The van der Waals surface area contributed by atoms with Crippen molar-refractivity contribution in [1.82, 2.24) is 9.80 Å². The SMILES string of the molecule is CCOc1ccc(N2CC=C[C@]3(C)O[C@]45C=CCN(Cc6ccccc6)C(=O)C4N([C@@H](CO)[C@@H](C)CC)C(=O)[C@@H]5[C@@H]3C2=O)cc1. The molecule has 0 aromatic heterocycles. The van der Waals surface area contributed by atoms with Gasteiger partial charge in [-0.15, -0.1) is 0 Å². The molecule has 0 radical (unpaired) electrons. The topological polar surface area (TPSA) is 99.6 Å². The van der Waals surface area contributed by atoms with Crippen LogP contribution >= 0.6 is 0 Å². The fraction of sp³-hybridized carbons (Fsp3) is 0.472. The maximum absolute atomic E-state index is 14.8. The monoisotopic (exact) mass is 613 g/mol. The summed E-state index contributed by atoms with van der Waals surface area (Å²) in [7, 11) is 0. The van der Waals surface area contributed by atoms with Crippen LogP contribution in [0.1, 0.15) is 39.7 Å². The summed E-state index contributed by atoms with van der Waals surface area (Å²) < 4.78 is 12.6. The molecule has 9 heteroatoms. The standard InChI is InChI=1S/C36H43N3O6/c1-5-24(3)28(23-40)39-31-34(43)37(22-25-12-8-7-9-13-25)20-11-19-36(31)30(33(39)42)29-32(41)38(21-10-18-35(29,4)45-36)26-14-16-27(17-15-26)44-6-2/h7-19,24,28-31,40H,5-6,20-23H2,1-4H3/t24-,28-,29+,30-,31?,35-,36-/m0/s1. The zero-order valence-corrected chi connectivity index (χ0v) is 26.5. The summed E-state index contributed by atoms with van der Waals surface area (Å²) >= 11 is 0. The summed E-state index contributed by atoms with van der Waals surface area (Å²) in [5, 5.41) is 10.7. The molecule has 2 aromatic rings. The quantitative estimate of drug-likeness (QED) is 0.430. The van der Waals surface area contributed by atoms with Gasteiger partial charge in [-0.05, 0) is 49.6 Å². The lowest BCUT2D eigenvalue weighted by Crippen LogP contribution is -2.59. The highest BCUT2D eigenvalue weighted by molar-refractivity contribution is 6.04. The zero-order chi connectivity index (χ0) is 31.9. The molecule has 1 N–H and O–H groups in total. The van der Waals surface area contributed by atoms with Crippen LogP contribution in [0.15, 0.2) is 78.9 Å². The van der Waals surface area contributed by atoms with E-state index in [0.29, 0.717) is 44.1 Å². The first-order valence-corrected chi connectivity index (χ1v) is 16.0. The van der Waals surface area contributed by atoms with E-state index in [1.54, 1.807) is 14.7 Å². The number of aliphatic hydroxyl groups is 1. The van der Waals surface area contributed by atoms with Crippen LogP contribution in [0.25, 0.3) is 0 Å². The summed E-state index contributed by atoms with van der Waals surface area (Å²) in [5.41, 5.74) is -0.864. The number of carbonyl (C=O) groups excluding carboxylic acids is 3. The van der Waals surface area contributed by atoms with E-state index in [0.717, 1.165) is 5.56 Å². The molecule has 1 unspecified atom stereocenters. The lowest BCUT2D eigenvalue weighted by molar-refractivity contribution is -0.155. The van der Waals surface area contributed by atoms with E-state index in [2.05, 4.69) is 0 Å². The van der Waals surface area contributed by atoms with Crippen molar-refractivity contribution in [2.24, 2.45) is 17.8 Å². The molecule has 3 amide bonds. The van der Waals surface area contributed by atoms with Gasteiger partial charge >= 0.3 is 0 Å². The van der Waals surface area contributed by atoms with Crippen molar-refractivity contribution in [3.8, 4) is 5.75 Å². The second-order valence-electron chi connectivity index (χ2n) is 12.8. The first-order chi connectivity index (χ1) is 21.7. The molecule has 2 saturated heterocycles. The third-order valence-electron chi connectivity index (χ3n) is 10.1. The molecule has 9 nitrogen and oxygen atoms in total. The molecule has 6 rings (SSSR count). The van der Waals surface area contributed by atoms with Gasteiger partial charge in [0.05, 0.1) is 36.7 Å². The maximum atomic E-state index is 14.8. The van der Waals surface area contributed by atoms with Crippen LogP contribution in [-0.4, -0.2) is 82.2 Å². The number of anilines is 1. The largest absolute Gasteiger partial charge is 0.494 e. The van der Waals surface area contributed by atoms with Crippen molar-refractivity contribution >= 4 is 23.4 Å². The van der Waals surface area contributed by atoms with E-state index < -0.39 is 35.1 Å². The average molecular weight is 614 g/mol. The highest BCUT2D eigenvalue weighted by atomic mass is 16.5. The first-order valence-electron chi connectivity index (χ1n) is 16.0. The Morgan fingerprint density at radius 1 is 0.933 bits per heavy atom. The minimum absolute atomic E-state index is 0.0890. The van der Waals surface area contributed by atoms with Crippen molar-refractivity contribution in [1.29, 1.82) is 0 Å². The van der Waals surface area contributed by atoms with Gasteiger partial charge in [-0.3, -0.25) is 14.4 Å². The number of carbonyl (C=O) groups is 3. The van der Waals surface area contributed by atoms with E-state index in [9.17, 15) is 19.5 Å². The number of hydrogen-bond acceptors (Lipinski definition) is 6. The number of rotatable bonds is 9. The summed E-state index contributed by atoms with van der Waals surface area (Å²) in [6.45, 7) is 8.99. The van der Waals surface area contributed by atoms with Gasteiger partial charge in [-0.25, -0.2) is 0 Å². The Bertz CT molecular complexity index is 1490. The number of benzene rings is 2. The van der Waals surface area contributed by atoms with Gasteiger partial charge < -0.3 is 29.3 Å². The highest BCUT2D eigenvalue weighted by Crippen LogP contribution is 2.58. The zero-order valence-electron chi connectivity index (χ0n) is 26.5. The number of ether oxygens (including phenoxy) is 2. The Kier molecular flexibility index (Phi) is 8.35. The Labute approximate surface area is 265 Å². The number of nitrogens with zero attached hydrogens (tertiary/aromatic N) is 3. The third-order valence-corrected chi connectivity index (χ3v) is 10.1. The van der Waals surface area contributed by atoms with Crippen molar-refractivity contribution in [2.45, 2.75) is 63.9 Å². The van der Waals surface area contributed by atoms with E-state index in [-0.39, 0.29) is 30.2 Å². The fourth-order valence-electron chi connectivity index (χ4n) is 7.75. The summed E-state index contributed by atoms with van der Waals surface area (Å²) in [5.74, 6) is -2.05. The predicted molar refractivity (Wildman–Crippen MR) is 170 cm³/mol. The molecule has 2 aromatic carbocycles. The van der Waals surface area contributed by atoms with Crippen LogP contribution < -0.4 is 9.64 Å². The highest BCUT2D eigenvalue weighted by Gasteiger charge is 2.75. The molecule has 4 heterocycles. The Balaban J connectivity index is 1.44. The minimum atomic E-state index is -1.39. The van der Waals surface area contributed by atoms with Gasteiger partial charge in [-0.2, -0.15) is 0 Å². The molecule has 0 saturated carbocycles. The molecule has 4 aliphatic heterocycles. The van der Waals surface area contributed by atoms with Gasteiger partial charge in [-0.1, -0.05) is 74.9 Å². The molecular weight excluding hydrogens is 570 g/mol. The summed E-state index contributed by atoms with van der Waals surface area (Å²) in [4.78, 5) is 49.1. The van der Waals surface area contributed by atoms with Crippen molar-refractivity contribution in [3.63, 3.8) is 0 Å². The van der Waals surface area contributed by atoms with Crippen molar-refractivity contribution < 1.29 is 29.0 Å². The summed E-state index contributed by atoms with van der Waals surface area (Å²) in [6.07, 6.45) is 8.25. The van der Waals surface area contributed by atoms with Gasteiger partial charge in [0.15, 0.2) is 0 Å². The number of aliphatic hydroxyl groups excluding tert-OH is 1. The second-order valence-corrected chi connectivity index (χ2v) is 12.8. The normalized spacial score (nSPS) is 30.5. The van der Waals surface area contributed by atoms with Gasteiger partial charge in [0.2, 0.25) is 17.7 Å². The van der Waals surface area contributed by atoms with Crippen LogP contribution in [0, 0.1) is 17.8 Å². The number of hydrogen-bond donors (Lipinski definition) is 1. The van der Waals surface area contributed by atoms with E-state index in [4.69, 9.17) is 9.47 Å². The van der Waals surface area contributed by atoms with E-state index in [1.807, 2.05) is 107 Å². The maximum Gasteiger partial charge on any atom is 0.249 e. The van der Waals surface area contributed by atoms with E-state index in [1.165, 1.54) is 0 Å². The van der Waals surface area contributed by atoms with Crippen molar-refractivity contribution in [2.75, 3.05) is 31.2 Å². The molecule has 238 valence electrons. The Morgan fingerprint density at radius 3 is 2.31 bits per heavy atom. The van der Waals surface area contributed by atoms with Gasteiger partial charge in [0, 0.05) is 25.3 Å². The number of amides is 3. The molecule has 0 aliphatic carbocycles. The molecule has 1 spiro atoms. The Morgan fingerprint density at radius 2 is 1.64 bits per heavy atom. The minimum Gasteiger partial charge on any atom is -0.494 e. The average Bonchev–Trinajstić information content (AvgIpc) is 3.31. The predicted octanol–water partition coefficient (Wildman–Crippen LogP) is 3.96. The summed E-state index contributed by atoms with van der Waals surface area (Å²) in [6, 6.07) is 15.4. The van der Waals surface area contributed by atoms with E-state index >= 15 is 0 Å². The van der Waals surface area contributed by atoms with Crippen LogP contribution in [0.2, 0.25) is 0 Å². The molecule has 2 fully saturated rings. The van der Waals surface area contributed by atoms with Gasteiger partial charge in [0.1, 0.15) is 17.4 Å². The fourth-order valence-corrected chi connectivity index (χ4v) is 7.75. The Hall–Kier alpha value is -3.95. The lowest BCUT2D eigenvalue weighted by Gasteiger charge is -2.41. The lowest BCUT2D eigenvalue weighted by atomic mass is 9.74. The van der Waals surface area contributed by atoms with Crippen LogP contribution in [0.4, 0.5) is 5.69 Å². The molecule has 0 bridgehead atoms. The second kappa shape index (κ2) is 12.1. The smallest absolute Gasteiger partial charge is 0.249 e. The number of likely N-dealkylation sites (tertiary alicyclic amines) is 1. The van der Waals surface area contributed by atoms with Crippen LogP contribution in [0.3, 0.4) is 0 Å². The molecule has 4 aliphatic rings. The van der Waals surface area contributed by atoms with Gasteiger partial charge in [0.25, 0.3) is 0 Å². The molecular formula is C36H43N3O6. The molecule has 7 atom stereocenters.